The van der Waals surface area contributed by atoms with Crippen molar-refractivity contribution in [2.24, 2.45) is 0 Å². The van der Waals surface area contributed by atoms with Gasteiger partial charge in [0.2, 0.25) is 4.46 Å². The van der Waals surface area contributed by atoms with E-state index in [1.165, 1.54) is 0 Å². The van der Waals surface area contributed by atoms with Crippen LogP contribution in [0.2, 0.25) is 0 Å². The lowest BCUT2D eigenvalue weighted by molar-refractivity contribution is 1.10. The number of alkyl halides is 2. The molecule has 1 atom stereocenters. The number of benzene rings is 2. The van der Waals surface area contributed by atoms with E-state index in [-0.39, 0.29) is 6.04 Å². The molecule has 1 heterocycles. The Kier molecular flexibility index (Phi) is 2.53. The molecule has 1 aliphatic rings. The molecule has 17 heavy (non-hydrogen) atoms. The Morgan fingerprint density at radius 2 is 1.35 bits per heavy atom. The number of para-hydroxylation sites is 1. The molecule has 2 aromatic rings. The molecule has 0 aliphatic carbocycles. The van der Waals surface area contributed by atoms with E-state index in [0.717, 1.165) is 11.3 Å². The van der Waals surface area contributed by atoms with Crippen molar-refractivity contribution in [3.8, 4) is 0 Å². The molecule has 0 bridgehead atoms. The van der Waals surface area contributed by atoms with E-state index in [4.69, 9.17) is 23.2 Å². The first kappa shape index (κ1) is 10.9. The van der Waals surface area contributed by atoms with Gasteiger partial charge in [-0.15, -0.1) is 0 Å². The van der Waals surface area contributed by atoms with Gasteiger partial charge in [-0.3, -0.25) is 0 Å². The van der Waals surface area contributed by atoms with Crippen LogP contribution in [0.15, 0.2) is 60.7 Å². The standard InChI is InChI=1S/C14H11Cl2N/c15-14(16)13(11-7-3-1-4-8-11)17(14)12-9-5-2-6-10-12/h1-10,13H/t13-,17?/m0/s1. The van der Waals surface area contributed by atoms with Gasteiger partial charge in [-0.2, -0.15) is 0 Å². The highest BCUT2D eigenvalue weighted by molar-refractivity contribution is 6.53. The maximum Gasteiger partial charge on any atom is 0.215 e. The largest absolute Gasteiger partial charge is 0.326 e. The molecule has 0 N–H and O–H groups in total. The van der Waals surface area contributed by atoms with Crippen LogP contribution in [0.25, 0.3) is 0 Å². The lowest BCUT2D eigenvalue weighted by atomic mass is 10.1. The summed E-state index contributed by atoms with van der Waals surface area (Å²) in [6, 6.07) is 20.1. The van der Waals surface area contributed by atoms with Gasteiger partial charge < -0.3 is 4.90 Å². The third-order valence-electron chi connectivity index (χ3n) is 2.99. The Bertz CT molecular complexity index is 463. The van der Waals surface area contributed by atoms with Gasteiger partial charge >= 0.3 is 0 Å². The van der Waals surface area contributed by atoms with E-state index >= 15 is 0 Å². The third-order valence-corrected chi connectivity index (χ3v) is 3.77. The van der Waals surface area contributed by atoms with Crippen LogP contribution < -0.4 is 4.90 Å². The molecule has 1 aliphatic heterocycles. The second-order valence-electron chi connectivity index (χ2n) is 4.11. The van der Waals surface area contributed by atoms with Crippen molar-refractivity contribution in [1.82, 2.24) is 0 Å². The Morgan fingerprint density at radius 1 is 0.824 bits per heavy atom. The van der Waals surface area contributed by atoms with Crippen LogP contribution >= 0.6 is 23.2 Å². The molecule has 3 rings (SSSR count). The molecule has 0 amide bonds. The molecule has 0 unspecified atom stereocenters. The monoisotopic (exact) mass is 263 g/mol. The average molecular weight is 264 g/mol. The van der Waals surface area contributed by atoms with E-state index in [1.807, 2.05) is 65.6 Å². The van der Waals surface area contributed by atoms with E-state index in [1.54, 1.807) is 0 Å². The van der Waals surface area contributed by atoms with Gasteiger partial charge in [0.15, 0.2) is 0 Å². The van der Waals surface area contributed by atoms with Gasteiger partial charge in [0.25, 0.3) is 0 Å². The minimum atomic E-state index is -0.831. The predicted molar refractivity (Wildman–Crippen MR) is 72.5 cm³/mol. The molecule has 3 heteroatoms. The van der Waals surface area contributed by atoms with Crippen LogP contribution in [0.4, 0.5) is 5.69 Å². The van der Waals surface area contributed by atoms with E-state index in [0.29, 0.717) is 0 Å². The number of rotatable bonds is 2. The van der Waals surface area contributed by atoms with Crippen LogP contribution in [0.5, 0.6) is 0 Å². The molecule has 1 saturated heterocycles. The van der Waals surface area contributed by atoms with Gasteiger partial charge in [0.05, 0.1) is 0 Å². The number of anilines is 1. The summed E-state index contributed by atoms with van der Waals surface area (Å²) in [7, 11) is 0. The number of nitrogens with zero attached hydrogens (tertiary/aromatic N) is 1. The molecular formula is C14H11Cl2N. The van der Waals surface area contributed by atoms with Crippen molar-refractivity contribution < 1.29 is 0 Å². The molecule has 1 fully saturated rings. The van der Waals surface area contributed by atoms with Gasteiger partial charge in [0.1, 0.15) is 6.04 Å². The fourth-order valence-electron chi connectivity index (χ4n) is 2.14. The molecule has 0 saturated carbocycles. The lowest BCUT2D eigenvalue weighted by Gasteiger charge is -2.05. The number of halogens is 2. The first-order valence-corrected chi connectivity index (χ1v) is 6.24. The summed E-state index contributed by atoms with van der Waals surface area (Å²) in [5.74, 6) is 0. The zero-order valence-electron chi connectivity index (χ0n) is 9.05. The van der Waals surface area contributed by atoms with Crippen molar-refractivity contribution >= 4 is 28.9 Å². The van der Waals surface area contributed by atoms with Gasteiger partial charge in [-0.05, 0) is 17.7 Å². The smallest absolute Gasteiger partial charge is 0.215 e. The maximum absolute atomic E-state index is 6.33. The minimum absolute atomic E-state index is 0.0365. The molecule has 1 nitrogen and oxygen atoms in total. The molecule has 2 aromatic carbocycles. The molecule has 0 spiro atoms. The van der Waals surface area contributed by atoms with Gasteiger partial charge in [-0.1, -0.05) is 71.7 Å². The maximum atomic E-state index is 6.33. The van der Waals surface area contributed by atoms with Gasteiger partial charge in [-0.25, -0.2) is 0 Å². The summed E-state index contributed by atoms with van der Waals surface area (Å²) in [5.41, 5.74) is 2.19. The predicted octanol–water partition coefficient (Wildman–Crippen LogP) is 4.38. The summed E-state index contributed by atoms with van der Waals surface area (Å²) in [6.07, 6.45) is 0. The van der Waals surface area contributed by atoms with Crippen molar-refractivity contribution in [2.45, 2.75) is 10.5 Å². The Hall–Kier alpha value is -1.18. The quantitative estimate of drug-likeness (QED) is 0.442. The highest BCUT2D eigenvalue weighted by Crippen LogP contribution is 2.61. The summed E-state index contributed by atoms with van der Waals surface area (Å²) in [5, 5.41) is 0. The van der Waals surface area contributed by atoms with Gasteiger partial charge in [0, 0.05) is 5.69 Å². The fourth-order valence-corrected chi connectivity index (χ4v) is 2.88. The van der Waals surface area contributed by atoms with Crippen LogP contribution in [-0.2, 0) is 0 Å². The average Bonchev–Trinajstić information content (AvgIpc) is 2.94. The van der Waals surface area contributed by atoms with Crippen molar-refractivity contribution in [2.75, 3.05) is 4.90 Å². The third kappa shape index (κ3) is 1.80. The van der Waals surface area contributed by atoms with Crippen LogP contribution in [0.1, 0.15) is 11.6 Å². The summed E-state index contributed by atoms with van der Waals surface area (Å²) in [4.78, 5) is 2.01. The molecule has 0 radical (unpaired) electrons. The molecular weight excluding hydrogens is 253 g/mol. The second kappa shape index (κ2) is 3.94. The molecule has 0 aromatic heterocycles. The first-order chi connectivity index (χ1) is 8.21. The normalized spacial score (nSPS) is 21.3. The summed E-state index contributed by atoms with van der Waals surface area (Å²) < 4.78 is -0.831. The Morgan fingerprint density at radius 3 is 1.94 bits per heavy atom. The highest BCUT2D eigenvalue weighted by atomic mass is 35.5. The second-order valence-corrected chi connectivity index (χ2v) is 5.45. The van der Waals surface area contributed by atoms with E-state index < -0.39 is 4.46 Å². The summed E-state index contributed by atoms with van der Waals surface area (Å²) in [6.45, 7) is 0. The number of hydrogen-bond donors (Lipinski definition) is 0. The first-order valence-electron chi connectivity index (χ1n) is 5.48. The topological polar surface area (TPSA) is 3.01 Å². The number of hydrogen-bond acceptors (Lipinski definition) is 1. The van der Waals surface area contributed by atoms with Crippen LogP contribution in [0.3, 0.4) is 0 Å². The highest BCUT2D eigenvalue weighted by Gasteiger charge is 2.61. The van der Waals surface area contributed by atoms with E-state index in [9.17, 15) is 0 Å². The van der Waals surface area contributed by atoms with Crippen molar-refractivity contribution in [3.05, 3.63) is 66.2 Å². The van der Waals surface area contributed by atoms with Crippen molar-refractivity contribution in [1.29, 1.82) is 0 Å². The minimum Gasteiger partial charge on any atom is -0.326 e. The zero-order valence-corrected chi connectivity index (χ0v) is 10.6. The zero-order chi connectivity index (χ0) is 11.9. The fraction of sp³-hybridized carbons (Fsp3) is 0.143. The summed E-state index contributed by atoms with van der Waals surface area (Å²) >= 11 is 12.7. The lowest BCUT2D eigenvalue weighted by Crippen LogP contribution is -2.00. The SMILES string of the molecule is ClC1(Cl)[C@H](c2ccccc2)N1c1ccccc1. The molecule has 86 valence electrons. The van der Waals surface area contributed by atoms with E-state index in [2.05, 4.69) is 0 Å². The van der Waals surface area contributed by atoms with Crippen LogP contribution in [0, 0.1) is 0 Å². The van der Waals surface area contributed by atoms with Crippen molar-refractivity contribution in [3.63, 3.8) is 0 Å². The van der Waals surface area contributed by atoms with Crippen LogP contribution in [-0.4, -0.2) is 4.46 Å². The Balaban J connectivity index is 1.95. The Labute approximate surface area is 111 Å².